The Kier molecular flexibility index (Phi) is 4.58. The highest BCUT2D eigenvalue weighted by Gasteiger charge is 2.63. The summed E-state index contributed by atoms with van der Waals surface area (Å²) in [4.78, 5) is 26.4. The third kappa shape index (κ3) is 3.18. The van der Waals surface area contributed by atoms with Crippen molar-refractivity contribution in [3.63, 3.8) is 0 Å². The van der Waals surface area contributed by atoms with E-state index >= 15 is 0 Å². The lowest BCUT2D eigenvalue weighted by Crippen LogP contribution is -2.69. The van der Waals surface area contributed by atoms with Crippen molar-refractivity contribution in [1.29, 1.82) is 0 Å². The molecule has 0 unspecified atom stereocenters. The zero-order valence-electron chi connectivity index (χ0n) is 10.8. The molecule has 10 heteroatoms. The molecule has 0 radical (unpaired) electrons. The van der Waals surface area contributed by atoms with Crippen molar-refractivity contribution in [1.82, 2.24) is 10.3 Å². The second-order valence-electron chi connectivity index (χ2n) is 3.84. The first-order chi connectivity index (χ1) is 9.12. The van der Waals surface area contributed by atoms with Gasteiger partial charge in [-0.05, 0) is 6.92 Å². The Morgan fingerprint density at radius 3 is 2.35 bits per heavy atom. The molecular formula is C10H12F3N3O3S. The minimum absolute atomic E-state index is 0.168. The predicted octanol–water partition coefficient (Wildman–Crippen LogP) is 1.43. The molecule has 2 N–H and O–H groups in total. The average Bonchev–Trinajstić information content (AvgIpc) is 2.70. The summed E-state index contributed by atoms with van der Waals surface area (Å²) in [6.45, 7) is 2.44. The van der Waals surface area contributed by atoms with E-state index in [9.17, 15) is 22.8 Å². The summed E-state index contributed by atoms with van der Waals surface area (Å²) < 4.78 is 44.0. The standard InChI is InChI=1S/C10H12F3N3O3S/c1-5-4-20-8(14-5)16-9(7(18)19-3,10(11,12)13)15-6(2)17/h4H,1-3H3,(H,14,16)(H,15,17)/t9-/m0/s1. The maximum atomic E-state index is 13.3. The smallest absolute Gasteiger partial charge is 0.442 e. The highest BCUT2D eigenvalue weighted by atomic mass is 32.1. The number of methoxy groups -OCH3 is 1. The van der Waals surface area contributed by atoms with Crippen molar-refractivity contribution in [3.05, 3.63) is 11.1 Å². The fraction of sp³-hybridized carbons (Fsp3) is 0.500. The fourth-order valence-corrected chi connectivity index (χ4v) is 2.12. The van der Waals surface area contributed by atoms with Gasteiger partial charge >= 0.3 is 17.8 Å². The molecule has 1 rings (SSSR count). The van der Waals surface area contributed by atoms with E-state index in [2.05, 4.69) is 9.72 Å². The molecule has 1 atom stereocenters. The summed E-state index contributed by atoms with van der Waals surface area (Å²) in [5.41, 5.74) is -2.90. The van der Waals surface area contributed by atoms with Crippen molar-refractivity contribution in [3.8, 4) is 0 Å². The molecule has 0 aliphatic heterocycles. The SMILES string of the molecule is COC(=O)[C@](NC(C)=O)(Nc1nc(C)cs1)C(F)(F)F. The molecule has 0 saturated heterocycles. The normalized spacial score (nSPS) is 14.3. The Morgan fingerprint density at radius 2 is 2.00 bits per heavy atom. The molecule has 0 aromatic carbocycles. The summed E-state index contributed by atoms with van der Waals surface area (Å²) >= 11 is 0.866. The Labute approximate surface area is 116 Å². The molecule has 0 aliphatic carbocycles. The number of halogens is 3. The van der Waals surface area contributed by atoms with Crippen LogP contribution >= 0.6 is 11.3 Å². The van der Waals surface area contributed by atoms with Crippen molar-refractivity contribution < 1.29 is 27.5 Å². The number of hydrogen-bond donors (Lipinski definition) is 2. The molecule has 1 heterocycles. The van der Waals surface area contributed by atoms with Gasteiger partial charge in [0, 0.05) is 12.3 Å². The number of aromatic nitrogens is 1. The Bertz CT molecular complexity index is 517. The average molecular weight is 311 g/mol. The van der Waals surface area contributed by atoms with Crippen LogP contribution in [0.15, 0.2) is 5.38 Å². The summed E-state index contributed by atoms with van der Waals surface area (Å²) in [6, 6.07) is 0. The quantitative estimate of drug-likeness (QED) is 0.649. The van der Waals surface area contributed by atoms with E-state index in [-0.39, 0.29) is 5.13 Å². The monoisotopic (exact) mass is 311 g/mol. The maximum absolute atomic E-state index is 13.3. The van der Waals surface area contributed by atoms with E-state index in [4.69, 9.17) is 0 Å². The molecule has 6 nitrogen and oxygen atoms in total. The highest BCUT2D eigenvalue weighted by Crippen LogP contribution is 2.33. The van der Waals surface area contributed by atoms with Gasteiger partial charge in [0.15, 0.2) is 5.13 Å². The van der Waals surface area contributed by atoms with E-state index in [1.165, 1.54) is 5.38 Å². The minimum Gasteiger partial charge on any atom is -0.466 e. The van der Waals surface area contributed by atoms with Gasteiger partial charge in [0.25, 0.3) is 0 Å². The van der Waals surface area contributed by atoms with Crippen LogP contribution in [0.25, 0.3) is 0 Å². The van der Waals surface area contributed by atoms with Gasteiger partial charge in [0.2, 0.25) is 5.91 Å². The largest absolute Gasteiger partial charge is 0.466 e. The van der Waals surface area contributed by atoms with Crippen LogP contribution in [0.1, 0.15) is 12.6 Å². The molecule has 1 aromatic rings. The summed E-state index contributed by atoms with van der Waals surface area (Å²) in [6.07, 6.45) is -5.12. The number of alkyl halides is 3. The number of thiazole rings is 1. The van der Waals surface area contributed by atoms with Gasteiger partial charge in [-0.2, -0.15) is 13.2 Å². The molecule has 0 spiro atoms. The van der Waals surface area contributed by atoms with Gasteiger partial charge in [0.1, 0.15) is 0 Å². The molecule has 0 saturated carbocycles. The number of esters is 1. The first kappa shape index (κ1) is 16.2. The Morgan fingerprint density at radius 1 is 1.40 bits per heavy atom. The molecule has 1 aromatic heterocycles. The Hall–Kier alpha value is -1.84. The molecule has 0 aliphatic rings. The van der Waals surface area contributed by atoms with Gasteiger partial charge in [-0.3, -0.25) is 4.79 Å². The number of hydrogen-bond acceptors (Lipinski definition) is 6. The second-order valence-corrected chi connectivity index (χ2v) is 4.70. The van der Waals surface area contributed by atoms with Crippen LogP contribution in [0.3, 0.4) is 0 Å². The zero-order valence-corrected chi connectivity index (χ0v) is 11.6. The highest BCUT2D eigenvalue weighted by molar-refractivity contribution is 7.13. The van der Waals surface area contributed by atoms with Gasteiger partial charge in [-0.1, -0.05) is 0 Å². The Balaban J connectivity index is 3.28. The van der Waals surface area contributed by atoms with Crippen LogP contribution in [-0.4, -0.2) is 35.8 Å². The summed E-state index contributed by atoms with van der Waals surface area (Å²) in [5, 5.41) is 4.80. The van der Waals surface area contributed by atoms with Crippen LogP contribution in [0.5, 0.6) is 0 Å². The number of ether oxygens (including phenoxy) is 1. The summed E-state index contributed by atoms with van der Waals surface area (Å²) in [7, 11) is 0.791. The first-order valence-corrected chi connectivity index (χ1v) is 6.14. The van der Waals surface area contributed by atoms with E-state index in [0.29, 0.717) is 5.69 Å². The molecule has 20 heavy (non-hydrogen) atoms. The van der Waals surface area contributed by atoms with Crippen LogP contribution in [0, 0.1) is 6.92 Å². The lowest BCUT2D eigenvalue weighted by molar-refractivity contribution is -0.206. The van der Waals surface area contributed by atoms with Gasteiger partial charge in [-0.25, -0.2) is 9.78 Å². The van der Waals surface area contributed by atoms with E-state index in [1.54, 1.807) is 12.2 Å². The molecule has 112 valence electrons. The first-order valence-electron chi connectivity index (χ1n) is 5.26. The van der Waals surface area contributed by atoms with Crippen LogP contribution in [0.4, 0.5) is 18.3 Å². The van der Waals surface area contributed by atoms with Crippen molar-refractivity contribution in [2.24, 2.45) is 0 Å². The van der Waals surface area contributed by atoms with E-state index in [1.807, 2.05) is 5.32 Å². The van der Waals surface area contributed by atoms with E-state index < -0.39 is 23.7 Å². The number of rotatable bonds is 4. The van der Waals surface area contributed by atoms with Crippen LogP contribution in [0.2, 0.25) is 0 Å². The number of anilines is 1. The van der Waals surface area contributed by atoms with Gasteiger partial charge in [-0.15, -0.1) is 11.3 Å². The second kappa shape index (κ2) is 5.65. The van der Waals surface area contributed by atoms with Crippen molar-refractivity contribution >= 4 is 28.3 Å². The third-order valence-electron chi connectivity index (χ3n) is 2.19. The minimum atomic E-state index is -5.12. The maximum Gasteiger partial charge on any atom is 0.442 e. The zero-order chi connectivity index (χ0) is 15.6. The topological polar surface area (TPSA) is 80.3 Å². The van der Waals surface area contributed by atoms with Crippen molar-refractivity contribution in [2.45, 2.75) is 25.7 Å². The number of amides is 1. The van der Waals surface area contributed by atoms with Crippen molar-refractivity contribution in [2.75, 3.05) is 12.4 Å². The third-order valence-corrected chi connectivity index (χ3v) is 3.07. The predicted molar refractivity (Wildman–Crippen MR) is 65.1 cm³/mol. The van der Waals surface area contributed by atoms with Crippen LogP contribution < -0.4 is 10.6 Å². The number of aryl methyl sites for hydroxylation is 1. The number of carbonyl (C=O) groups is 2. The lowest BCUT2D eigenvalue weighted by atomic mass is 10.1. The number of carbonyl (C=O) groups excluding carboxylic acids is 2. The molecular weight excluding hydrogens is 299 g/mol. The van der Waals surface area contributed by atoms with Gasteiger partial charge < -0.3 is 15.4 Å². The molecule has 0 fully saturated rings. The summed E-state index contributed by atoms with van der Waals surface area (Å²) in [5.74, 6) is -2.73. The van der Waals surface area contributed by atoms with Gasteiger partial charge in [0.05, 0.1) is 12.8 Å². The fourth-order valence-electron chi connectivity index (χ4n) is 1.38. The number of nitrogens with one attached hydrogen (secondary N) is 2. The van der Waals surface area contributed by atoms with E-state index in [0.717, 1.165) is 25.4 Å². The molecule has 0 bridgehead atoms. The molecule has 1 amide bonds. The lowest BCUT2D eigenvalue weighted by Gasteiger charge is -2.33. The number of nitrogens with zero attached hydrogens (tertiary/aromatic N) is 1. The van der Waals surface area contributed by atoms with Crippen LogP contribution in [-0.2, 0) is 14.3 Å².